The number of carbonyl (C=O) groups is 1. The van der Waals surface area contributed by atoms with E-state index in [1.54, 1.807) is 5.48 Å². The van der Waals surface area contributed by atoms with Crippen molar-refractivity contribution in [2.24, 2.45) is 0 Å². The Kier molecular flexibility index (Phi) is 2.44. The Bertz CT molecular complexity index is 273. The molecule has 0 fully saturated rings. The Labute approximate surface area is 69.7 Å². The summed E-state index contributed by atoms with van der Waals surface area (Å²) >= 11 is 0. The second-order valence-electron chi connectivity index (χ2n) is 2.62. The van der Waals surface area contributed by atoms with Gasteiger partial charge in [0.05, 0.1) is 12.1 Å². The van der Waals surface area contributed by atoms with Gasteiger partial charge in [-0.1, -0.05) is 0 Å². The molecule has 0 spiro atoms. The van der Waals surface area contributed by atoms with Crippen molar-refractivity contribution in [3.8, 4) is 0 Å². The molecule has 1 rings (SSSR count). The third kappa shape index (κ3) is 1.62. The molecule has 0 aliphatic heterocycles. The molecule has 0 saturated heterocycles. The molecule has 0 aliphatic carbocycles. The summed E-state index contributed by atoms with van der Waals surface area (Å²) in [6.45, 7) is 3.64. The largest absolute Gasteiger partial charge is 0.289 e. The summed E-state index contributed by atoms with van der Waals surface area (Å²) in [4.78, 5) is 10.8. The van der Waals surface area contributed by atoms with E-state index in [1.807, 2.05) is 13.8 Å². The highest BCUT2D eigenvalue weighted by molar-refractivity contribution is 5.77. The fourth-order valence-electron chi connectivity index (χ4n) is 1.03. The van der Waals surface area contributed by atoms with Crippen molar-refractivity contribution in [1.29, 1.82) is 0 Å². The van der Waals surface area contributed by atoms with Gasteiger partial charge in [-0.15, -0.1) is 0 Å². The number of amides is 1. The molecule has 66 valence electrons. The van der Waals surface area contributed by atoms with Crippen LogP contribution in [0.2, 0.25) is 0 Å². The molecular weight excluding hydrogens is 158 g/mol. The maximum absolute atomic E-state index is 10.8. The van der Waals surface area contributed by atoms with Crippen LogP contribution in [0.3, 0.4) is 0 Å². The number of aromatic amines is 1. The number of aryl methyl sites for hydroxylation is 2. The smallest absolute Gasteiger partial charge is 0.247 e. The maximum atomic E-state index is 10.8. The Morgan fingerprint density at radius 3 is 2.75 bits per heavy atom. The van der Waals surface area contributed by atoms with Gasteiger partial charge in [0, 0.05) is 11.3 Å². The van der Waals surface area contributed by atoms with E-state index in [0.717, 1.165) is 17.0 Å². The lowest BCUT2D eigenvalue weighted by Crippen LogP contribution is -2.21. The molecule has 0 unspecified atom stereocenters. The van der Waals surface area contributed by atoms with Gasteiger partial charge in [-0.3, -0.25) is 15.1 Å². The molecule has 0 saturated carbocycles. The van der Waals surface area contributed by atoms with E-state index in [9.17, 15) is 4.79 Å². The standard InChI is InChI=1S/C7H11N3O2/c1-4-6(3-7(11)10-12)5(2)9-8-4/h12H,3H2,1-2H3,(H,8,9)(H,10,11). The molecule has 0 aliphatic rings. The summed E-state index contributed by atoms with van der Waals surface area (Å²) in [5, 5.41) is 15.0. The van der Waals surface area contributed by atoms with Crippen molar-refractivity contribution < 1.29 is 10.0 Å². The van der Waals surface area contributed by atoms with Crippen LogP contribution in [0, 0.1) is 13.8 Å². The minimum Gasteiger partial charge on any atom is -0.289 e. The van der Waals surface area contributed by atoms with Gasteiger partial charge in [0.1, 0.15) is 0 Å². The van der Waals surface area contributed by atoms with Crippen molar-refractivity contribution in [3.05, 3.63) is 17.0 Å². The lowest BCUT2D eigenvalue weighted by molar-refractivity contribution is -0.128. The second kappa shape index (κ2) is 3.36. The number of rotatable bonds is 2. The van der Waals surface area contributed by atoms with Gasteiger partial charge >= 0.3 is 0 Å². The third-order valence-electron chi connectivity index (χ3n) is 1.74. The highest BCUT2D eigenvalue weighted by Crippen LogP contribution is 2.09. The van der Waals surface area contributed by atoms with Crippen LogP contribution in [-0.4, -0.2) is 21.3 Å². The molecule has 1 aromatic heterocycles. The molecule has 0 atom stereocenters. The predicted octanol–water partition coefficient (Wildman–Crippen LogP) is 0.0744. The van der Waals surface area contributed by atoms with E-state index < -0.39 is 5.91 Å². The summed E-state index contributed by atoms with van der Waals surface area (Å²) in [7, 11) is 0. The van der Waals surface area contributed by atoms with Crippen LogP contribution in [0.25, 0.3) is 0 Å². The van der Waals surface area contributed by atoms with Crippen LogP contribution in [0.15, 0.2) is 0 Å². The van der Waals surface area contributed by atoms with Gasteiger partial charge in [0.15, 0.2) is 0 Å². The number of carbonyl (C=O) groups excluding carboxylic acids is 1. The SMILES string of the molecule is Cc1n[nH]c(C)c1CC(=O)NO. The molecule has 12 heavy (non-hydrogen) atoms. The maximum Gasteiger partial charge on any atom is 0.247 e. The zero-order valence-corrected chi connectivity index (χ0v) is 7.01. The number of H-pyrrole nitrogens is 1. The van der Waals surface area contributed by atoms with E-state index >= 15 is 0 Å². The predicted molar refractivity (Wildman–Crippen MR) is 41.7 cm³/mol. The fraction of sp³-hybridized carbons (Fsp3) is 0.429. The van der Waals surface area contributed by atoms with Crippen molar-refractivity contribution >= 4 is 5.91 Å². The van der Waals surface area contributed by atoms with Crippen molar-refractivity contribution in [3.63, 3.8) is 0 Å². The normalized spacial score (nSPS) is 9.92. The molecule has 1 aromatic rings. The number of hydrogen-bond acceptors (Lipinski definition) is 3. The first-order valence-corrected chi connectivity index (χ1v) is 3.58. The second-order valence-corrected chi connectivity index (χ2v) is 2.62. The molecular formula is C7H11N3O2. The van der Waals surface area contributed by atoms with E-state index in [-0.39, 0.29) is 6.42 Å². The fourth-order valence-corrected chi connectivity index (χ4v) is 1.03. The first-order chi connectivity index (χ1) is 5.65. The highest BCUT2D eigenvalue weighted by atomic mass is 16.5. The highest BCUT2D eigenvalue weighted by Gasteiger charge is 2.09. The monoisotopic (exact) mass is 169 g/mol. The molecule has 1 heterocycles. The average Bonchev–Trinajstić information content (AvgIpc) is 2.35. The van der Waals surface area contributed by atoms with Crippen LogP contribution >= 0.6 is 0 Å². The Balaban J connectivity index is 2.80. The van der Waals surface area contributed by atoms with Gasteiger partial charge in [0.25, 0.3) is 0 Å². The van der Waals surface area contributed by atoms with Crippen molar-refractivity contribution in [2.45, 2.75) is 20.3 Å². The zero-order chi connectivity index (χ0) is 9.14. The Morgan fingerprint density at radius 1 is 1.67 bits per heavy atom. The molecule has 0 bridgehead atoms. The zero-order valence-electron chi connectivity index (χ0n) is 7.01. The van der Waals surface area contributed by atoms with Crippen LogP contribution < -0.4 is 5.48 Å². The third-order valence-corrected chi connectivity index (χ3v) is 1.74. The summed E-state index contributed by atoms with van der Waals surface area (Å²) in [5.74, 6) is -0.428. The first-order valence-electron chi connectivity index (χ1n) is 3.58. The van der Waals surface area contributed by atoms with Gasteiger partial charge in [-0.2, -0.15) is 5.10 Å². The molecule has 5 heteroatoms. The first kappa shape index (κ1) is 8.73. The van der Waals surface area contributed by atoms with Gasteiger partial charge < -0.3 is 0 Å². The van der Waals surface area contributed by atoms with Crippen LogP contribution in [0.1, 0.15) is 17.0 Å². The number of nitrogens with zero attached hydrogens (tertiary/aromatic N) is 1. The number of nitrogens with one attached hydrogen (secondary N) is 2. The number of hydroxylamine groups is 1. The Morgan fingerprint density at radius 2 is 2.33 bits per heavy atom. The lowest BCUT2D eigenvalue weighted by atomic mass is 10.1. The summed E-state index contributed by atoms with van der Waals surface area (Å²) in [5.41, 5.74) is 4.06. The van der Waals surface area contributed by atoms with Gasteiger partial charge in [-0.25, -0.2) is 5.48 Å². The summed E-state index contributed by atoms with van der Waals surface area (Å²) in [6.07, 6.45) is 0.157. The quantitative estimate of drug-likeness (QED) is 0.433. The molecule has 1 amide bonds. The van der Waals surface area contributed by atoms with Crippen LogP contribution in [0.5, 0.6) is 0 Å². The number of hydrogen-bond donors (Lipinski definition) is 3. The van der Waals surface area contributed by atoms with Gasteiger partial charge in [0.2, 0.25) is 5.91 Å². The Hall–Kier alpha value is -1.36. The molecule has 0 radical (unpaired) electrons. The molecule has 0 aromatic carbocycles. The summed E-state index contributed by atoms with van der Waals surface area (Å²) < 4.78 is 0. The van der Waals surface area contributed by atoms with E-state index in [2.05, 4.69) is 10.2 Å². The lowest BCUT2D eigenvalue weighted by Gasteiger charge is -1.98. The molecule has 5 nitrogen and oxygen atoms in total. The van der Waals surface area contributed by atoms with E-state index in [1.165, 1.54) is 0 Å². The van der Waals surface area contributed by atoms with Crippen molar-refractivity contribution in [1.82, 2.24) is 15.7 Å². The molecule has 3 N–H and O–H groups in total. The van der Waals surface area contributed by atoms with E-state index in [0.29, 0.717) is 0 Å². The number of aromatic nitrogens is 2. The van der Waals surface area contributed by atoms with Crippen LogP contribution in [-0.2, 0) is 11.2 Å². The minimum absolute atomic E-state index is 0.157. The summed E-state index contributed by atoms with van der Waals surface area (Å²) in [6, 6.07) is 0. The topological polar surface area (TPSA) is 78.0 Å². The average molecular weight is 169 g/mol. The van der Waals surface area contributed by atoms with Gasteiger partial charge in [-0.05, 0) is 13.8 Å². The van der Waals surface area contributed by atoms with E-state index in [4.69, 9.17) is 5.21 Å². The van der Waals surface area contributed by atoms with Crippen LogP contribution in [0.4, 0.5) is 0 Å². The van der Waals surface area contributed by atoms with Crippen molar-refractivity contribution in [2.75, 3.05) is 0 Å². The minimum atomic E-state index is -0.428.